The molecule has 1 aromatic rings. The van der Waals surface area contributed by atoms with Crippen LogP contribution in [0.25, 0.3) is 0 Å². The summed E-state index contributed by atoms with van der Waals surface area (Å²) in [6, 6.07) is 5.70. The molecule has 84 valence electrons. The summed E-state index contributed by atoms with van der Waals surface area (Å²) in [5.74, 6) is 0.671. The predicted molar refractivity (Wildman–Crippen MR) is 61.4 cm³/mol. The fraction of sp³-hybridized carbons (Fsp3) is 0.455. The number of ether oxygens (including phenoxy) is 1. The third kappa shape index (κ3) is 4.08. The van der Waals surface area contributed by atoms with Crippen LogP contribution in [0.5, 0.6) is 5.75 Å². The molecule has 0 amide bonds. The SMILES string of the molecule is CNCc1ccc(OCCCO)c(Cl)c1. The minimum Gasteiger partial charge on any atom is -0.492 e. The third-order valence-electron chi connectivity index (χ3n) is 1.94. The lowest BCUT2D eigenvalue weighted by molar-refractivity contribution is 0.233. The van der Waals surface area contributed by atoms with Crippen LogP contribution >= 0.6 is 11.6 Å². The Balaban J connectivity index is 2.58. The van der Waals surface area contributed by atoms with E-state index >= 15 is 0 Å². The Hall–Kier alpha value is -0.770. The van der Waals surface area contributed by atoms with Crippen molar-refractivity contribution >= 4 is 11.6 Å². The van der Waals surface area contributed by atoms with E-state index in [2.05, 4.69) is 5.32 Å². The van der Waals surface area contributed by atoms with Gasteiger partial charge in [-0.15, -0.1) is 0 Å². The summed E-state index contributed by atoms with van der Waals surface area (Å²) in [7, 11) is 1.89. The highest BCUT2D eigenvalue weighted by atomic mass is 35.5. The average Bonchev–Trinajstić information content (AvgIpc) is 2.22. The highest BCUT2D eigenvalue weighted by molar-refractivity contribution is 6.32. The molecule has 0 bridgehead atoms. The van der Waals surface area contributed by atoms with Gasteiger partial charge in [-0.25, -0.2) is 0 Å². The van der Waals surface area contributed by atoms with Gasteiger partial charge in [0, 0.05) is 19.6 Å². The van der Waals surface area contributed by atoms with E-state index in [1.54, 1.807) is 0 Å². The van der Waals surface area contributed by atoms with Gasteiger partial charge in [-0.2, -0.15) is 0 Å². The molecule has 0 fully saturated rings. The largest absolute Gasteiger partial charge is 0.492 e. The van der Waals surface area contributed by atoms with E-state index in [1.165, 1.54) is 0 Å². The Kier molecular flexibility index (Phi) is 5.47. The maximum absolute atomic E-state index is 8.61. The van der Waals surface area contributed by atoms with Gasteiger partial charge in [-0.1, -0.05) is 17.7 Å². The second-order valence-electron chi connectivity index (χ2n) is 3.22. The monoisotopic (exact) mass is 229 g/mol. The highest BCUT2D eigenvalue weighted by Gasteiger charge is 2.02. The molecule has 0 spiro atoms. The molecule has 1 rings (SSSR count). The van der Waals surface area contributed by atoms with Crippen LogP contribution < -0.4 is 10.1 Å². The summed E-state index contributed by atoms with van der Waals surface area (Å²) >= 11 is 6.03. The Morgan fingerprint density at radius 2 is 2.27 bits per heavy atom. The first kappa shape index (κ1) is 12.3. The van der Waals surface area contributed by atoms with Crippen LogP contribution in [0.2, 0.25) is 5.02 Å². The average molecular weight is 230 g/mol. The van der Waals surface area contributed by atoms with E-state index in [0.717, 1.165) is 12.1 Å². The lowest BCUT2D eigenvalue weighted by Crippen LogP contribution is -2.05. The number of hydrogen-bond donors (Lipinski definition) is 2. The standard InChI is InChI=1S/C11H16ClNO2/c1-13-8-9-3-4-11(10(12)7-9)15-6-2-5-14/h3-4,7,13-14H,2,5-6,8H2,1H3. The van der Waals surface area contributed by atoms with Crippen molar-refractivity contribution in [2.24, 2.45) is 0 Å². The number of nitrogens with one attached hydrogen (secondary N) is 1. The Morgan fingerprint density at radius 1 is 1.47 bits per heavy atom. The number of benzene rings is 1. The Morgan fingerprint density at radius 3 is 2.87 bits per heavy atom. The summed E-state index contributed by atoms with van der Waals surface area (Å²) in [5.41, 5.74) is 1.12. The zero-order valence-electron chi connectivity index (χ0n) is 8.79. The van der Waals surface area contributed by atoms with Gasteiger partial charge in [0.25, 0.3) is 0 Å². The van der Waals surface area contributed by atoms with Crippen molar-refractivity contribution in [3.05, 3.63) is 28.8 Å². The molecule has 0 saturated carbocycles. The van der Waals surface area contributed by atoms with Gasteiger partial charge < -0.3 is 15.2 Å². The Bertz CT molecular complexity index is 305. The van der Waals surface area contributed by atoms with Gasteiger partial charge in [-0.3, -0.25) is 0 Å². The van der Waals surface area contributed by atoms with Gasteiger partial charge in [0.15, 0.2) is 0 Å². The molecule has 0 aliphatic rings. The number of rotatable bonds is 6. The van der Waals surface area contributed by atoms with Crippen molar-refractivity contribution in [3.8, 4) is 5.75 Å². The topological polar surface area (TPSA) is 41.5 Å². The predicted octanol–water partition coefficient (Wildman–Crippen LogP) is 1.82. The molecule has 1 aromatic carbocycles. The molecule has 0 unspecified atom stereocenters. The van der Waals surface area contributed by atoms with E-state index in [1.807, 2.05) is 25.2 Å². The van der Waals surface area contributed by atoms with Gasteiger partial charge in [-0.05, 0) is 24.7 Å². The van der Waals surface area contributed by atoms with Gasteiger partial charge in [0.05, 0.1) is 11.6 Å². The first-order chi connectivity index (χ1) is 7.27. The van der Waals surface area contributed by atoms with Gasteiger partial charge in [0.1, 0.15) is 5.75 Å². The lowest BCUT2D eigenvalue weighted by atomic mass is 10.2. The highest BCUT2D eigenvalue weighted by Crippen LogP contribution is 2.25. The molecule has 2 N–H and O–H groups in total. The van der Waals surface area contributed by atoms with Gasteiger partial charge in [0.2, 0.25) is 0 Å². The molecule has 0 aliphatic heterocycles. The molecule has 15 heavy (non-hydrogen) atoms. The second-order valence-corrected chi connectivity index (χ2v) is 3.63. The van der Waals surface area contributed by atoms with E-state index in [0.29, 0.717) is 23.8 Å². The molecule has 0 aromatic heterocycles. The number of aliphatic hydroxyl groups is 1. The minimum absolute atomic E-state index is 0.134. The number of aliphatic hydroxyl groups excluding tert-OH is 1. The maximum Gasteiger partial charge on any atom is 0.137 e. The van der Waals surface area contributed by atoms with Crippen molar-refractivity contribution in [3.63, 3.8) is 0 Å². The van der Waals surface area contributed by atoms with Gasteiger partial charge >= 0.3 is 0 Å². The minimum atomic E-state index is 0.134. The van der Waals surface area contributed by atoms with E-state index in [9.17, 15) is 0 Å². The smallest absolute Gasteiger partial charge is 0.137 e. The quantitative estimate of drug-likeness (QED) is 0.732. The Labute approximate surface area is 95.0 Å². The zero-order chi connectivity index (χ0) is 11.1. The lowest BCUT2D eigenvalue weighted by Gasteiger charge is -2.08. The molecule has 0 atom stereocenters. The zero-order valence-corrected chi connectivity index (χ0v) is 9.55. The van der Waals surface area contributed by atoms with E-state index < -0.39 is 0 Å². The fourth-order valence-corrected chi connectivity index (χ4v) is 1.48. The van der Waals surface area contributed by atoms with Crippen LogP contribution in [0.4, 0.5) is 0 Å². The first-order valence-electron chi connectivity index (χ1n) is 4.94. The molecule has 0 heterocycles. The summed E-state index contributed by atoms with van der Waals surface area (Å²) in [5, 5.41) is 12.3. The van der Waals surface area contributed by atoms with Crippen molar-refractivity contribution in [1.82, 2.24) is 5.32 Å². The number of hydrogen-bond acceptors (Lipinski definition) is 3. The first-order valence-corrected chi connectivity index (χ1v) is 5.32. The summed E-state index contributed by atoms with van der Waals surface area (Å²) in [6.45, 7) is 1.41. The van der Waals surface area contributed by atoms with Crippen LogP contribution in [0.3, 0.4) is 0 Å². The normalized spacial score (nSPS) is 10.3. The molecule has 0 aliphatic carbocycles. The molecule has 0 radical (unpaired) electrons. The molecule has 0 saturated heterocycles. The molecule has 3 nitrogen and oxygen atoms in total. The van der Waals surface area contributed by atoms with Crippen molar-refractivity contribution in [1.29, 1.82) is 0 Å². The molecule has 4 heteroatoms. The number of halogens is 1. The fourth-order valence-electron chi connectivity index (χ4n) is 1.22. The van der Waals surface area contributed by atoms with Crippen molar-refractivity contribution in [2.45, 2.75) is 13.0 Å². The van der Waals surface area contributed by atoms with Crippen LogP contribution in [-0.2, 0) is 6.54 Å². The van der Waals surface area contributed by atoms with Crippen LogP contribution in [0, 0.1) is 0 Å². The summed E-state index contributed by atoms with van der Waals surface area (Å²) in [4.78, 5) is 0. The second kappa shape index (κ2) is 6.67. The van der Waals surface area contributed by atoms with Crippen molar-refractivity contribution in [2.75, 3.05) is 20.3 Å². The summed E-state index contributed by atoms with van der Waals surface area (Å²) in [6.07, 6.45) is 0.620. The third-order valence-corrected chi connectivity index (χ3v) is 2.23. The van der Waals surface area contributed by atoms with E-state index in [4.69, 9.17) is 21.4 Å². The van der Waals surface area contributed by atoms with E-state index in [-0.39, 0.29) is 6.61 Å². The maximum atomic E-state index is 8.61. The molecular weight excluding hydrogens is 214 g/mol. The van der Waals surface area contributed by atoms with Crippen LogP contribution in [0.15, 0.2) is 18.2 Å². The van der Waals surface area contributed by atoms with Crippen molar-refractivity contribution < 1.29 is 9.84 Å². The molecular formula is C11H16ClNO2. The van der Waals surface area contributed by atoms with Crippen LogP contribution in [0.1, 0.15) is 12.0 Å². The van der Waals surface area contributed by atoms with Crippen LogP contribution in [-0.4, -0.2) is 25.4 Å². The summed E-state index contributed by atoms with van der Waals surface area (Å²) < 4.78 is 5.40.